The number of sulfonamides is 1. The summed E-state index contributed by atoms with van der Waals surface area (Å²) in [4.78, 5) is 36.2. The van der Waals surface area contributed by atoms with Gasteiger partial charge in [-0.2, -0.15) is 0 Å². The molecule has 5 aromatic rings. The van der Waals surface area contributed by atoms with Crippen molar-refractivity contribution in [2.45, 2.75) is 28.8 Å². The molecule has 1 aliphatic rings. The van der Waals surface area contributed by atoms with Crippen molar-refractivity contribution < 1.29 is 18.1 Å². The van der Waals surface area contributed by atoms with Gasteiger partial charge in [0.25, 0.3) is 21.6 Å². The number of piperazine rings is 1. The van der Waals surface area contributed by atoms with Crippen molar-refractivity contribution in [2.75, 3.05) is 62.8 Å². The fourth-order valence-corrected chi connectivity index (χ4v) is 8.51. The van der Waals surface area contributed by atoms with Crippen molar-refractivity contribution in [1.82, 2.24) is 19.5 Å². The molecular formula is C41H44ClN7O5S2. The number of benzene rings is 4. The molecule has 292 valence electrons. The molecule has 56 heavy (non-hydrogen) atoms. The molecule has 1 aliphatic heterocycles. The van der Waals surface area contributed by atoms with E-state index in [-0.39, 0.29) is 17.4 Å². The molecule has 1 saturated heterocycles. The maximum atomic E-state index is 13.3. The van der Waals surface area contributed by atoms with Crippen LogP contribution in [0.1, 0.15) is 22.5 Å². The summed E-state index contributed by atoms with van der Waals surface area (Å²) in [6.07, 6.45) is 2.25. The van der Waals surface area contributed by atoms with Gasteiger partial charge >= 0.3 is 0 Å². The Bertz CT molecular complexity index is 2220. The number of thioether (sulfide) groups is 1. The maximum Gasteiger partial charge on any atom is 0.293 e. The van der Waals surface area contributed by atoms with E-state index >= 15 is 0 Å². The van der Waals surface area contributed by atoms with Crippen LogP contribution in [-0.4, -0.2) is 92.6 Å². The van der Waals surface area contributed by atoms with E-state index in [1.54, 1.807) is 24.0 Å². The lowest BCUT2D eigenvalue weighted by molar-refractivity contribution is -0.384. The quantitative estimate of drug-likeness (QED) is 0.0590. The van der Waals surface area contributed by atoms with Gasteiger partial charge in [-0.15, -0.1) is 11.8 Å². The number of nitro groups is 1. The Morgan fingerprint density at radius 3 is 2.34 bits per heavy atom. The Kier molecular flexibility index (Phi) is 13.6. The largest absolute Gasteiger partial charge is 0.376 e. The van der Waals surface area contributed by atoms with Gasteiger partial charge in [0.2, 0.25) is 0 Å². The van der Waals surface area contributed by atoms with Gasteiger partial charge in [0.05, 0.1) is 21.7 Å². The number of carbonyl (C=O) groups excluding carboxylic acids is 1. The van der Waals surface area contributed by atoms with E-state index < -0.39 is 31.4 Å². The highest BCUT2D eigenvalue weighted by molar-refractivity contribution is 7.99. The summed E-state index contributed by atoms with van der Waals surface area (Å²) < 4.78 is 28.7. The topological polar surface area (TPSA) is 141 Å². The van der Waals surface area contributed by atoms with Crippen LogP contribution in [0.15, 0.2) is 125 Å². The van der Waals surface area contributed by atoms with Crippen molar-refractivity contribution >= 4 is 56.4 Å². The number of halogens is 1. The number of hydrogen-bond acceptors (Lipinski definition) is 11. The van der Waals surface area contributed by atoms with E-state index in [4.69, 9.17) is 11.6 Å². The molecule has 1 amide bonds. The van der Waals surface area contributed by atoms with Crippen LogP contribution in [0.3, 0.4) is 0 Å². The van der Waals surface area contributed by atoms with Gasteiger partial charge in [-0.3, -0.25) is 19.8 Å². The standard InChI is InChI=1S/C41H44ClN7O5S2/c1-46(2)21-20-33(29-55-35-9-4-3-5-10-35)44-38-19-17-36(26-40(38)49(51)52)56(53,54)45-41(50)39-18-16-34(27-43-39)48-24-22-47(23-25-48)28-31-8-6-7-11-37(31)30-12-14-32(42)15-13-30/h3-19,26-27,33,44H,20-25,28-29H2,1-2H3,(H,45,50)/t33-/m1/s1. The van der Waals surface area contributed by atoms with Crippen LogP contribution in [0.5, 0.6) is 0 Å². The summed E-state index contributed by atoms with van der Waals surface area (Å²) >= 11 is 7.74. The Hall–Kier alpha value is -4.99. The third-order valence-corrected chi connectivity index (χ3v) is 12.2. The molecule has 2 heterocycles. The molecule has 4 aromatic carbocycles. The zero-order chi connectivity index (χ0) is 39.7. The van der Waals surface area contributed by atoms with Gasteiger partial charge in [-0.05, 0) is 92.3 Å². The fourth-order valence-electron chi connectivity index (χ4n) is 6.41. The fraction of sp³-hybridized carbons (Fsp3) is 0.268. The third-order valence-electron chi connectivity index (χ3n) is 9.47. The number of carbonyl (C=O) groups is 1. The minimum absolute atomic E-state index is 0.0952. The number of anilines is 2. The highest BCUT2D eigenvalue weighted by Gasteiger charge is 2.26. The van der Waals surface area contributed by atoms with Crippen molar-refractivity contribution in [1.29, 1.82) is 0 Å². The molecule has 6 rings (SSSR count). The summed E-state index contributed by atoms with van der Waals surface area (Å²) in [5.74, 6) is -0.305. The summed E-state index contributed by atoms with van der Waals surface area (Å²) in [7, 11) is -0.558. The third kappa shape index (κ3) is 10.9. The van der Waals surface area contributed by atoms with E-state index in [1.807, 2.05) is 84.4 Å². The Morgan fingerprint density at radius 1 is 0.946 bits per heavy atom. The first-order chi connectivity index (χ1) is 26.9. The first-order valence-electron chi connectivity index (χ1n) is 18.2. The molecule has 15 heteroatoms. The Morgan fingerprint density at radius 2 is 1.66 bits per heavy atom. The van der Waals surface area contributed by atoms with Crippen LogP contribution in [0.4, 0.5) is 17.1 Å². The van der Waals surface area contributed by atoms with Gasteiger partial charge < -0.3 is 15.1 Å². The average molecular weight is 814 g/mol. The minimum atomic E-state index is -4.47. The van der Waals surface area contributed by atoms with Crippen molar-refractivity contribution in [3.8, 4) is 11.1 Å². The second kappa shape index (κ2) is 18.8. The van der Waals surface area contributed by atoms with Gasteiger partial charge in [0, 0.05) is 60.5 Å². The molecule has 0 unspecified atom stereocenters. The zero-order valence-corrected chi connectivity index (χ0v) is 33.6. The predicted octanol–water partition coefficient (Wildman–Crippen LogP) is 7.28. The van der Waals surface area contributed by atoms with Crippen molar-refractivity contribution in [3.63, 3.8) is 0 Å². The lowest BCUT2D eigenvalue weighted by Crippen LogP contribution is -2.46. The van der Waals surface area contributed by atoms with E-state index in [2.05, 4.69) is 38.3 Å². The number of nitrogens with one attached hydrogen (secondary N) is 2. The van der Waals surface area contributed by atoms with Crippen LogP contribution >= 0.6 is 23.4 Å². The summed E-state index contributed by atoms with van der Waals surface area (Å²) in [6.45, 7) is 4.67. The van der Waals surface area contributed by atoms with E-state index in [0.717, 1.165) is 61.5 Å². The Labute approximate surface area is 337 Å². The van der Waals surface area contributed by atoms with Gasteiger partial charge in [-0.25, -0.2) is 18.1 Å². The van der Waals surface area contributed by atoms with E-state index in [1.165, 1.54) is 29.3 Å². The second-order valence-corrected chi connectivity index (χ2v) is 17.0. The zero-order valence-electron chi connectivity index (χ0n) is 31.2. The van der Waals surface area contributed by atoms with Crippen LogP contribution in [0.25, 0.3) is 11.1 Å². The summed E-state index contributed by atoms with van der Waals surface area (Å²) in [5.41, 5.74) is 4.03. The lowest BCUT2D eigenvalue weighted by atomic mass is 9.99. The molecule has 1 atom stereocenters. The molecular weight excluding hydrogens is 770 g/mol. The van der Waals surface area contributed by atoms with Crippen LogP contribution < -0.4 is 14.9 Å². The number of rotatable bonds is 16. The molecule has 1 aromatic heterocycles. The lowest BCUT2D eigenvalue weighted by Gasteiger charge is -2.36. The molecule has 0 radical (unpaired) electrons. The molecule has 12 nitrogen and oxygen atoms in total. The summed E-state index contributed by atoms with van der Waals surface area (Å²) in [6, 6.07) is 32.7. The first kappa shape index (κ1) is 40.7. The van der Waals surface area contributed by atoms with Crippen LogP contribution in [0, 0.1) is 10.1 Å². The number of nitro benzene ring substituents is 1. The normalized spacial score (nSPS) is 14.0. The number of amides is 1. The minimum Gasteiger partial charge on any atom is -0.376 e. The highest BCUT2D eigenvalue weighted by atomic mass is 35.5. The predicted molar refractivity (Wildman–Crippen MR) is 224 cm³/mol. The second-order valence-electron chi connectivity index (χ2n) is 13.8. The highest BCUT2D eigenvalue weighted by Crippen LogP contribution is 2.31. The monoisotopic (exact) mass is 813 g/mol. The molecule has 2 N–H and O–H groups in total. The Balaban J connectivity index is 1.06. The molecule has 1 fully saturated rings. The van der Waals surface area contributed by atoms with Crippen LogP contribution in [-0.2, 0) is 16.6 Å². The number of hydrogen-bond donors (Lipinski definition) is 2. The number of pyridine rings is 1. The van der Waals surface area contributed by atoms with E-state index in [9.17, 15) is 23.3 Å². The van der Waals surface area contributed by atoms with Gasteiger partial charge in [0.15, 0.2) is 0 Å². The van der Waals surface area contributed by atoms with Gasteiger partial charge in [-0.1, -0.05) is 66.2 Å². The van der Waals surface area contributed by atoms with Crippen LogP contribution in [0.2, 0.25) is 5.02 Å². The smallest absolute Gasteiger partial charge is 0.293 e. The summed E-state index contributed by atoms with van der Waals surface area (Å²) in [5, 5.41) is 16.1. The molecule has 0 bridgehead atoms. The SMILES string of the molecule is CN(C)CC[C@H](CSc1ccccc1)Nc1ccc(S(=O)(=O)NC(=O)c2ccc(N3CCN(Cc4ccccc4-c4ccc(Cl)cc4)CC3)cn2)cc1[N+](=O)[O-]. The van der Waals surface area contributed by atoms with Gasteiger partial charge in [0.1, 0.15) is 11.4 Å². The number of nitrogens with zero attached hydrogens (tertiary/aromatic N) is 5. The first-order valence-corrected chi connectivity index (χ1v) is 21.0. The maximum absolute atomic E-state index is 13.3. The van der Waals surface area contributed by atoms with E-state index in [0.29, 0.717) is 17.2 Å². The molecule has 0 spiro atoms. The van der Waals surface area contributed by atoms with Crippen molar-refractivity contribution in [2.24, 2.45) is 0 Å². The average Bonchev–Trinajstić information content (AvgIpc) is 3.20. The van der Waals surface area contributed by atoms with Crippen molar-refractivity contribution in [3.05, 3.63) is 142 Å². The molecule has 0 saturated carbocycles. The number of aromatic nitrogens is 1. The molecule has 0 aliphatic carbocycles.